The number of esters is 2. The molecule has 5 rings (SSSR count). The molecule has 32 heavy (non-hydrogen) atoms. The number of piperazine rings is 1. The van der Waals surface area contributed by atoms with Crippen LogP contribution in [-0.2, 0) is 27.3 Å². The van der Waals surface area contributed by atoms with E-state index in [-0.39, 0.29) is 11.9 Å². The van der Waals surface area contributed by atoms with Gasteiger partial charge in [0, 0.05) is 67.4 Å². The van der Waals surface area contributed by atoms with E-state index in [1.165, 1.54) is 11.1 Å². The van der Waals surface area contributed by atoms with Gasteiger partial charge in [0.15, 0.2) is 0 Å². The van der Waals surface area contributed by atoms with Crippen LogP contribution in [-0.4, -0.2) is 66.1 Å². The minimum Gasteiger partial charge on any atom is -0.457 e. The molecule has 1 saturated heterocycles. The molecular weight excluding hydrogens is 408 g/mol. The number of anilines is 1. The number of fused-ring (bicyclic) bond motifs is 1. The molecule has 166 valence electrons. The molecule has 1 fully saturated rings. The Hall–Kier alpha value is -3.26. The molecule has 8 heteroatoms. The molecule has 1 aromatic heterocycles. The largest absolute Gasteiger partial charge is 0.457 e. The Morgan fingerprint density at radius 3 is 2.34 bits per heavy atom. The second-order valence-corrected chi connectivity index (χ2v) is 8.48. The van der Waals surface area contributed by atoms with Gasteiger partial charge in [0.2, 0.25) is 5.95 Å². The molecule has 3 aliphatic heterocycles. The Morgan fingerprint density at radius 1 is 0.938 bits per heavy atom. The third kappa shape index (κ3) is 3.75. The minimum atomic E-state index is -0.267. The molecule has 1 aromatic carbocycles. The van der Waals surface area contributed by atoms with Crippen LogP contribution in [0.15, 0.2) is 30.1 Å². The number of carbonyl (C=O) groups excluding carboxylic acids is 2. The van der Waals surface area contributed by atoms with Gasteiger partial charge in [0.1, 0.15) is 13.2 Å². The number of rotatable bonds is 5. The number of ether oxygens (including phenoxy) is 2. The van der Waals surface area contributed by atoms with Crippen LogP contribution in [0.25, 0.3) is 5.57 Å². The standard InChI is InChI=1S/C24H26N4O4/c1-15-17(3-4-19-21(15)14-32-23(19)30)5-6-27-7-9-28(10-8-27)24-25-11-18(12-26-24)20-13-31-22(29)16(20)2/h3-4,11-12H,5-10,13-14H2,1-2H3. The van der Waals surface area contributed by atoms with E-state index in [4.69, 9.17) is 9.47 Å². The van der Waals surface area contributed by atoms with Crippen molar-refractivity contribution in [3.63, 3.8) is 0 Å². The third-order valence-electron chi connectivity index (χ3n) is 6.72. The highest BCUT2D eigenvalue weighted by molar-refractivity contribution is 6.01. The molecule has 0 unspecified atom stereocenters. The molecule has 0 atom stereocenters. The van der Waals surface area contributed by atoms with Gasteiger partial charge in [0.25, 0.3) is 0 Å². The molecule has 2 aromatic rings. The van der Waals surface area contributed by atoms with E-state index in [9.17, 15) is 9.59 Å². The van der Waals surface area contributed by atoms with Crippen molar-refractivity contribution in [2.75, 3.05) is 44.2 Å². The predicted molar refractivity (Wildman–Crippen MR) is 118 cm³/mol. The van der Waals surface area contributed by atoms with E-state index in [1.807, 2.05) is 6.07 Å². The predicted octanol–water partition coefficient (Wildman–Crippen LogP) is 2.15. The highest BCUT2D eigenvalue weighted by Crippen LogP contribution is 2.27. The summed E-state index contributed by atoms with van der Waals surface area (Å²) in [5, 5.41) is 0. The van der Waals surface area contributed by atoms with E-state index in [0.717, 1.165) is 61.8 Å². The normalized spacial score (nSPS) is 18.8. The molecule has 0 amide bonds. The molecule has 0 bridgehead atoms. The number of hydrogen-bond donors (Lipinski definition) is 0. The smallest absolute Gasteiger partial charge is 0.338 e. The van der Waals surface area contributed by atoms with Crippen molar-refractivity contribution >= 4 is 23.5 Å². The minimum absolute atomic E-state index is 0.210. The second kappa shape index (κ2) is 8.35. The van der Waals surface area contributed by atoms with Gasteiger partial charge in [0.05, 0.1) is 5.56 Å². The third-order valence-corrected chi connectivity index (χ3v) is 6.72. The summed E-state index contributed by atoms with van der Waals surface area (Å²) in [6.45, 7) is 9.15. The quantitative estimate of drug-likeness (QED) is 0.662. The highest BCUT2D eigenvalue weighted by atomic mass is 16.5. The maximum absolute atomic E-state index is 11.7. The van der Waals surface area contributed by atoms with Crippen molar-refractivity contribution in [2.24, 2.45) is 0 Å². The summed E-state index contributed by atoms with van der Waals surface area (Å²) in [6, 6.07) is 3.96. The molecule has 4 heterocycles. The second-order valence-electron chi connectivity index (χ2n) is 8.48. The van der Waals surface area contributed by atoms with E-state index in [1.54, 1.807) is 19.3 Å². The molecule has 0 aliphatic carbocycles. The number of benzene rings is 1. The lowest BCUT2D eigenvalue weighted by Crippen LogP contribution is -2.47. The Kier molecular flexibility index (Phi) is 5.38. The lowest BCUT2D eigenvalue weighted by Gasteiger charge is -2.34. The topological polar surface area (TPSA) is 84.9 Å². The summed E-state index contributed by atoms with van der Waals surface area (Å²) in [6.07, 6.45) is 4.51. The van der Waals surface area contributed by atoms with E-state index in [0.29, 0.717) is 24.4 Å². The molecule has 0 spiro atoms. The summed E-state index contributed by atoms with van der Waals surface area (Å²) in [5.74, 6) is 0.242. The van der Waals surface area contributed by atoms with E-state index in [2.05, 4.69) is 32.8 Å². The lowest BCUT2D eigenvalue weighted by atomic mass is 9.96. The van der Waals surface area contributed by atoms with E-state index >= 15 is 0 Å². The Balaban J connectivity index is 1.16. The first-order valence-corrected chi connectivity index (χ1v) is 11.0. The number of aromatic nitrogens is 2. The van der Waals surface area contributed by atoms with Gasteiger partial charge in [-0.2, -0.15) is 0 Å². The van der Waals surface area contributed by atoms with Gasteiger partial charge in [-0.3, -0.25) is 4.90 Å². The van der Waals surface area contributed by atoms with Crippen LogP contribution in [0.1, 0.15) is 39.5 Å². The Bertz CT molecular complexity index is 1100. The first-order valence-electron chi connectivity index (χ1n) is 11.0. The zero-order valence-corrected chi connectivity index (χ0v) is 18.4. The van der Waals surface area contributed by atoms with Crippen LogP contribution in [0.4, 0.5) is 5.95 Å². The number of nitrogens with zero attached hydrogens (tertiary/aromatic N) is 4. The fourth-order valence-electron chi connectivity index (χ4n) is 4.54. The van der Waals surface area contributed by atoms with Crippen LogP contribution < -0.4 is 4.90 Å². The van der Waals surface area contributed by atoms with Gasteiger partial charge >= 0.3 is 11.9 Å². The van der Waals surface area contributed by atoms with Crippen LogP contribution in [0, 0.1) is 6.92 Å². The Morgan fingerprint density at radius 2 is 1.66 bits per heavy atom. The summed E-state index contributed by atoms with van der Waals surface area (Å²) in [7, 11) is 0. The molecule has 3 aliphatic rings. The van der Waals surface area contributed by atoms with Crippen molar-refractivity contribution in [1.82, 2.24) is 14.9 Å². The lowest BCUT2D eigenvalue weighted by molar-refractivity contribution is -0.135. The maximum atomic E-state index is 11.7. The van der Waals surface area contributed by atoms with Crippen LogP contribution >= 0.6 is 0 Å². The van der Waals surface area contributed by atoms with Gasteiger partial charge in [-0.25, -0.2) is 19.6 Å². The first kappa shape index (κ1) is 20.6. The zero-order valence-electron chi connectivity index (χ0n) is 18.4. The SMILES string of the molecule is CC1=C(c2cnc(N3CCN(CCc4ccc5c(c4C)COC5=O)CC3)nc2)COC1=O. The van der Waals surface area contributed by atoms with Crippen LogP contribution in [0.5, 0.6) is 0 Å². The average Bonchev–Trinajstić information content (AvgIpc) is 3.36. The first-order chi connectivity index (χ1) is 15.5. The van der Waals surface area contributed by atoms with Gasteiger partial charge in [-0.1, -0.05) is 6.07 Å². The number of carbonyl (C=O) groups is 2. The number of hydrogen-bond acceptors (Lipinski definition) is 8. The summed E-state index contributed by atoms with van der Waals surface area (Å²) >= 11 is 0. The van der Waals surface area contributed by atoms with Gasteiger partial charge in [-0.15, -0.1) is 0 Å². The molecule has 0 N–H and O–H groups in total. The molecule has 0 radical (unpaired) electrons. The van der Waals surface area contributed by atoms with Gasteiger partial charge < -0.3 is 14.4 Å². The van der Waals surface area contributed by atoms with E-state index < -0.39 is 0 Å². The summed E-state index contributed by atoms with van der Waals surface area (Å²) < 4.78 is 10.2. The van der Waals surface area contributed by atoms with Crippen molar-refractivity contribution in [2.45, 2.75) is 26.9 Å². The highest BCUT2D eigenvalue weighted by Gasteiger charge is 2.25. The molecule has 0 saturated carbocycles. The average molecular weight is 434 g/mol. The van der Waals surface area contributed by atoms with Crippen LogP contribution in [0.3, 0.4) is 0 Å². The molecular formula is C24H26N4O4. The zero-order chi connectivity index (χ0) is 22.2. The summed E-state index contributed by atoms with van der Waals surface area (Å²) in [4.78, 5) is 37.0. The summed E-state index contributed by atoms with van der Waals surface area (Å²) in [5.41, 5.74) is 6.55. The van der Waals surface area contributed by atoms with Crippen molar-refractivity contribution < 1.29 is 19.1 Å². The fraction of sp³-hybridized carbons (Fsp3) is 0.417. The maximum Gasteiger partial charge on any atom is 0.338 e. The number of cyclic esters (lactones) is 2. The molecule has 8 nitrogen and oxygen atoms in total. The van der Waals surface area contributed by atoms with Crippen LogP contribution in [0.2, 0.25) is 0 Å². The fourth-order valence-corrected chi connectivity index (χ4v) is 4.54. The van der Waals surface area contributed by atoms with Crippen molar-refractivity contribution in [1.29, 1.82) is 0 Å². The monoisotopic (exact) mass is 434 g/mol. The Labute approximate surface area is 186 Å². The van der Waals surface area contributed by atoms with Crippen molar-refractivity contribution in [3.8, 4) is 0 Å². The van der Waals surface area contributed by atoms with Crippen molar-refractivity contribution in [3.05, 3.63) is 57.9 Å². The van der Waals surface area contributed by atoms with Gasteiger partial charge in [-0.05, 0) is 37.5 Å².